The van der Waals surface area contributed by atoms with Gasteiger partial charge in [0.1, 0.15) is 0 Å². The molecular weight excluding hydrogens is 234 g/mol. The average molecular weight is 265 g/mol. The average Bonchev–Trinajstić information content (AvgIpc) is 2.97. The fourth-order valence-corrected chi connectivity index (χ4v) is 4.97. The van der Waals surface area contributed by atoms with Crippen LogP contribution >= 0.6 is 0 Å². The van der Waals surface area contributed by atoms with Gasteiger partial charge in [0.2, 0.25) is 0 Å². The molecule has 3 aliphatic carbocycles. The number of hydrogen-bond acceptors (Lipinski definition) is 2. The van der Waals surface area contributed by atoms with E-state index in [1.165, 1.54) is 51.4 Å². The van der Waals surface area contributed by atoms with Crippen molar-refractivity contribution in [3.8, 4) is 0 Å². The van der Waals surface area contributed by atoms with Crippen LogP contribution in [0.3, 0.4) is 0 Å². The lowest BCUT2D eigenvalue weighted by atomic mass is 9.83. The van der Waals surface area contributed by atoms with E-state index in [1.54, 1.807) is 0 Å². The predicted octanol–water partition coefficient (Wildman–Crippen LogP) is 3.49. The molecule has 3 aliphatic rings. The fraction of sp³-hybridized carbons (Fsp3) is 1.00. The summed E-state index contributed by atoms with van der Waals surface area (Å²) in [4.78, 5) is 0. The molecule has 0 saturated heterocycles. The summed E-state index contributed by atoms with van der Waals surface area (Å²) in [6.07, 6.45) is 12.9. The van der Waals surface area contributed by atoms with Crippen LogP contribution in [0.2, 0.25) is 0 Å². The number of nitrogens with one attached hydrogen (secondary N) is 1. The normalized spacial score (nSPS) is 39.2. The van der Waals surface area contributed by atoms with Gasteiger partial charge in [0.05, 0.1) is 5.60 Å². The Balaban J connectivity index is 1.48. The smallest absolute Gasteiger partial charge is 0.0771 e. The summed E-state index contributed by atoms with van der Waals surface area (Å²) in [6, 6.07) is 0.600. The van der Waals surface area contributed by atoms with Gasteiger partial charge >= 0.3 is 0 Å². The quantitative estimate of drug-likeness (QED) is 0.763. The third-order valence-corrected chi connectivity index (χ3v) is 6.22. The maximum Gasteiger partial charge on any atom is 0.0771 e. The molecule has 2 heteroatoms. The number of rotatable bonds is 4. The second kappa shape index (κ2) is 5.73. The van der Waals surface area contributed by atoms with Crippen molar-refractivity contribution in [1.82, 2.24) is 5.32 Å². The molecule has 19 heavy (non-hydrogen) atoms. The molecule has 3 rings (SSSR count). The molecule has 0 aromatic rings. The molecule has 0 aromatic carbocycles. The van der Waals surface area contributed by atoms with Gasteiger partial charge in [-0.05, 0) is 56.8 Å². The van der Waals surface area contributed by atoms with Gasteiger partial charge < -0.3 is 10.4 Å². The summed E-state index contributed by atoms with van der Waals surface area (Å²) in [5, 5.41) is 14.4. The van der Waals surface area contributed by atoms with Crippen molar-refractivity contribution < 1.29 is 5.11 Å². The molecule has 0 amide bonds. The third kappa shape index (κ3) is 3.16. The Morgan fingerprint density at radius 1 is 1.11 bits per heavy atom. The number of hydrogen-bond donors (Lipinski definition) is 2. The highest BCUT2D eigenvalue weighted by atomic mass is 16.3. The molecule has 0 radical (unpaired) electrons. The van der Waals surface area contributed by atoms with E-state index in [0.29, 0.717) is 6.04 Å². The van der Waals surface area contributed by atoms with E-state index in [9.17, 15) is 5.11 Å². The monoisotopic (exact) mass is 265 g/mol. The summed E-state index contributed by atoms with van der Waals surface area (Å²) < 4.78 is 0. The van der Waals surface area contributed by atoms with Crippen molar-refractivity contribution in [1.29, 1.82) is 0 Å². The van der Waals surface area contributed by atoms with Crippen LogP contribution in [0.15, 0.2) is 0 Å². The van der Waals surface area contributed by atoms with Crippen LogP contribution in [0.4, 0.5) is 0 Å². The minimum atomic E-state index is -0.414. The Hall–Kier alpha value is -0.0800. The van der Waals surface area contributed by atoms with E-state index in [-0.39, 0.29) is 0 Å². The van der Waals surface area contributed by atoms with Gasteiger partial charge in [-0.1, -0.05) is 32.1 Å². The zero-order valence-electron chi connectivity index (χ0n) is 12.5. The topological polar surface area (TPSA) is 32.3 Å². The van der Waals surface area contributed by atoms with Gasteiger partial charge in [0, 0.05) is 12.6 Å². The lowest BCUT2D eigenvalue weighted by Crippen LogP contribution is -2.46. The summed E-state index contributed by atoms with van der Waals surface area (Å²) in [5.74, 6) is 2.89. The maximum atomic E-state index is 10.7. The molecule has 3 saturated carbocycles. The molecule has 4 unspecified atom stereocenters. The van der Waals surface area contributed by atoms with Crippen molar-refractivity contribution >= 4 is 0 Å². The largest absolute Gasteiger partial charge is 0.389 e. The van der Waals surface area contributed by atoms with Crippen molar-refractivity contribution in [2.75, 3.05) is 6.54 Å². The van der Waals surface area contributed by atoms with Gasteiger partial charge in [-0.3, -0.25) is 0 Å². The molecule has 4 atom stereocenters. The highest BCUT2D eigenvalue weighted by Gasteiger charge is 2.42. The second-order valence-corrected chi connectivity index (χ2v) is 7.65. The van der Waals surface area contributed by atoms with Crippen LogP contribution in [0.1, 0.15) is 71.1 Å². The van der Waals surface area contributed by atoms with E-state index in [2.05, 4.69) is 12.2 Å². The third-order valence-electron chi connectivity index (χ3n) is 6.22. The highest BCUT2D eigenvalue weighted by molar-refractivity contribution is 4.95. The Bertz CT molecular complexity index is 296. The summed E-state index contributed by atoms with van der Waals surface area (Å²) >= 11 is 0. The zero-order valence-corrected chi connectivity index (χ0v) is 12.5. The van der Waals surface area contributed by atoms with E-state index >= 15 is 0 Å². The first kappa shape index (κ1) is 13.9. The highest BCUT2D eigenvalue weighted by Crippen LogP contribution is 2.49. The molecule has 0 heterocycles. The molecule has 0 aromatic heterocycles. The van der Waals surface area contributed by atoms with E-state index in [0.717, 1.165) is 37.1 Å². The molecule has 3 fully saturated rings. The van der Waals surface area contributed by atoms with Crippen LogP contribution in [0.5, 0.6) is 0 Å². The summed E-state index contributed by atoms with van der Waals surface area (Å²) in [6.45, 7) is 3.17. The van der Waals surface area contributed by atoms with Crippen molar-refractivity contribution in [2.45, 2.75) is 82.8 Å². The van der Waals surface area contributed by atoms with E-state index in [1.807, 2.05) is 0 Å². The fourth-order valence-electron chi connectivity index (χ4n) is 4.97. The maximum absolute atomic E-state index is 10.7. The Labute approximate surface area is 118 Å². The second-order valence-electron chi connectivity index (χ2n) is 7.65. The first-order chi connectivity index (χ1) is 9.16. The molecular formula is C17H31NO. The van der Waals surface area contributed by atoms with Crippen LogP contribution in [-0.2, 0) is 0 Å². The molecule has 2 nitrogen and oxygen atoms in total. The summed E-state index contributed by atoms with van der Waals surface area (Å²) in [7, 11) is 0. The molecule has 2 bridgehead atoms. The van der Waals surface area contributed by atoms with Gasteiger partial charge in [-0.25, -0.2) is 0 Å². The van der Waals surface area contributed by atoms with Crippen LogP contribution in [-0.4, -0.2) is 23.3 Å². The van der Waals surface area contributed by atoms with E-state index in [4.69, 9.17) is 0 Å². The van der Waals surface area contributed by atoms with Gasteiger partial charge in [0.25, 0.3) is 0 Å². The van der Waals surface area contributed by atoms with Crippen LogP contribution < -0.4 is 5.32 Å². The SMILES string of the molecule is CC(NCC1(O)CCCCCC1)C1CC2CCC1C2. The molecule has 0 spiro atoms. The standard InChI is InChI=1S/C17H31NO/c1-13(16-11-14-6-7-15(16)10-14)18-12-17(19)8-4-2-3-5-9-17/h13-16,18-19H,2-12H2,1H3. The number of aliphatic hydroxyl groups is 1. The molecule has 110 valence electrons. The molecule has 2 N–H and O–H groups in total. The zero-order chi connectivity index (χ0) is 13.3. The lowest BCUT2D eigenvalue weighted by Gasteiger charge is -2.33. The van der Waals surface area contributed by atoms with Gasteiger partial charge in [0.15, 0.2) is 0 Å². The predicted molar refractivity (Wildman–Crippen MR) is 79.1 cm³/mol. The van der Waals surface area contributed by atoms with Gasteiger partial charge in [-0.15, -0.1) is 0 Å². The van der Waals surface area contributed by atoms with E-state index < -0.39 is 5.60 Å². The first-order valence-electron chi connectivity index (χ1n) is 8.62. The van der Waals surface area contributed by atoms with Crippen LogP contribution in [0, 0.1) is 17.8 Å². The number of fused-ring (bicyclic) bond motifs is 2. The van der Waals surface area contributed by atoms with Crippen molar-refractivity contribution in [3.05, 3.63) is 0 Å². The first-order valence-corrected chi connectivity index (χ1v) is 8.62. The minimum Gasteiger partial charge on any atom is -0.389 e. The minimum absolute atomic E-state index is 0.414. The Morgan fingerprint density at radius 3 is 2.42 bits per heavy atom. The molecule has 0 aliphatic heterocycles. The van der Waals surface area contributed by atoms with Crippen molar-refractivity contribution in [3.63, 3.8) is 0 Å². The summed E-state index contributed by atoms with van der Waals surface area (Å²) in [5.41, 5.74) is -0.414. The van der Waals surface area contributed by atoms with Gasteiger partial charge in [-0.2, -0.15) is 0 Å². The van der Waals surface area contributed by atoms with Crippen LogP contribution in [0.25, 0.3) is 0 Å². The van der Waals surface area contributed by atoms with Crippen molar-refractivity contribution in [2.24, 2.45) is 17.8 Å². The lowest BCUT2D eigenvalue weighted by molar-refractivity contribution is 0.0203. The Morgan fingerprint density at radius 2 is 1.84 bits per heavy atom. The Kier molecular flexibility index (Phi) is 4.19.